The molecular formula is C19H26N4O3S. The maximum absolute atomic E-state index is 13.0. The van der Waals surface area contributed by atoms with Crippen molar-refractivity contribution in [2.24, 2.45) is 0 Å². The van der Waals surface area contributed by atoms with E-state index in [4.69, 9.17) is 0 Å². The molecule has 2 aromatic rings. The Balaban J connectivity index is 1.54. The summed E-state index contributed by atoms with van der Waals surface area (Å²) in [7, 11) is -3.53. The van der Waals surface area contributed by atoms with Crippen LogP contribution in [-0.4, -0.2) is 59.5 Å². The molecule has 146 valence electrons. The lowest BCUT2D eigenvalue weighted by atomic mass is 10.2. The van der Waals surface area contributed by atoms with E-state index in [1.54, 1.807) is 17.2 Å². The van der Waals surface area contributed by atoms with Crippen molar-refractivity contribution in [3.8, 4) is 0 Å². The molecule has 1 aliphatic heterocycles. The van der Waals surface area contributed by atoms with E-state index in [1.807, 2.05) is 42.9 Å². The number of carbonyl (C=O) groups excluding carboxylic acids is 1. The van der Waals surface area contributed by atoms with Crippen LogP contribution in [0.15, 0.2) is 41.6 Å². The zero-order valence-electron chi connectivity index (χ0n) is 15.8. The lowest BCUT2D eigenvalue weighted by molar-refractivity contribution is -0.132. The summed E-state index contributed by atoms with van der Waals surface area (Å²) in [5.74, 6) is 0.0749. The van der Waals surface area contributed by atoms with Gasteiger partial charge in [-0.2, -0.15) is 9.40 Å². The van der Waals surface area contributed by atoms with Crippen LogP contribution >= 0.6 is 0 Å². The van der Waals surface area contributed by atoms with Gasteiger partial charge in [-0.3, -0.25) is 9.48 Å². The van der Waals surface area contributed by atoms with Crippen LogP contribution in [0.5, 0.6) is 0 Å². The molecule has 1 aromatic carbocycles. The predicted octanol–water partition coefficient (Wildman–Crippen LogP) is 1.81. The molecule has 0 atom stereocenters. The first-order chi connectivity index (χ1) is 12.9. The Labute approximate surface area is 160 Å². The Bertz CT molecular complexity index is 886. The van der Waals surface area contributed by atoms with Crippen LogP contribution in [0, 0.1) is 13.8 Å². The second-order valence-corrected chi connectivity index (χ2v) is 8.83. The van der Waals surface area contributed by atoms with Crippen LogP contribution in [0.4, 0.5) is 0 Å². The number of hydrogen-bond donors (Lipinski definition) is 0. The van der Waals surface area contributed by atoms with Gasteiger partial charge in [-0.25, -0.2) is 8.42 Å². The van der Waals surface area contributed by atoms with Crippen LogP contribution in [-0.2, 0) is 21.4 Å². The van der Waals surface area contributed by atoms with Gasteiger partial charge in [0.2, 0.25) is 15.9 Å². The van der Waals surface area contributed by atoms with Crippen LogP contribution in [0.2, 0.25) is 0 Å². The van der Waals surface area contributed by atoms with Gasteiger partial charge in [-0.1, -0.05) is 12.1 Å². The van der Waals surface area contributed by atoms with E-state index < -0.39 is 10.0 Å². The molecule has 0 bridgehead atoms. The summed E-state index contributed by atoms with van der Waals surface area (Å²) in [6.07, 6.45) is 4.77. The molecule has 0 N–H and O–H groups in total. The van der Waals surface area contributed by atoms with Gasteiger partial charge in [-0.15, -0.1) is 0 Å². The van der Waals surface area contributed by atoms with Crippen LogP contribution in [0.3, 0.4) is 0 Å². The quantitative estimate of drug-likeness (QED) is 0.754. The standard InChI is InChI=1S/C19H26N4O3S/c1-16-6-7-17(2)18(15-16)27(25,26)23-13-11-21(12-14-23)19(24)5-3-9-22-10-4-8-20-22/h4,6-8,10,15H,3,5,9,11-14H2,1-2H3. The molecule has 1 saturated heterocycles. The van der Waals surface area contributed by atoms with Crippen LogP contribution in [0.1, 0.15) is 24.0 Å². The highest BCUT2D eigenvalue weighted by molar-refractivity contribution is 7.89. The molecule has 1 fully saturated rings. The van der Waals surface area contributed by atoms with Crippen molar-refractivity contribution in [2.75, 3.05) is 26.2 Å². The molecule has 0 saturated carbocycles. The Morgan fingerprint density at radius 2 is 1.89 bits per heavy atom. The first-order valence-corrected chi connectivity index (χ1v) is 10.6. The number of piperazine rings is 1. The lowest BCUT2D eigenvalue weighted by Gasteiger charge is -2.34. The highest BCUT2D eigenvalue weighted by atomic mass is 32.2. The van der Waals surface area contributed by atoms with Crippen molar-refractivity contribution in [1.82, 2.24) is 19.0 Å². The van der Waals surface area contributed by atoms with E-state index in [0.717, 1.165) is 17.5 Å². The first-order valence-electron chi connectivity index (χ1n) is 9.20. The van der Waals surface area contributed by atoms with Crippen LogP contribution in [0.25, 0.3) is 0 Å². The number of hydrogen-bond acceptors (Lipinski definition) is 4. The molecule has 27 heavy (non-hydrogen) atoms. The van der Waals surface area contributed by atoms with E-state index in [9.17, 15) is 13.2 Å². The van der Waals surface area contributed by atoms with E-state index >= 15 is 0 Å². The van der Waals surface area contributed by atoms with Gasteiger partial charge in [0.15, 0.2) is 0 Å². The monoisotopic (exact) mass is 390 g/mol. The number of amides is 1. The molecule has 8 heteroatoms. The minimum atomic E-state index is -3.53. The summed E-state index contributed by atoms with van der Waals surface area (Å²) in [5.41, 5.74) is 1.67. The number of sulfonamides is 1. The van der Waals surface area contributed by atoms with Crippen molar-refractivity contribution in [2.45, 2.75) is 38.1 Å². The van der Waals surface area contributed by atoms with Gasteiger partial charge in [0.25, 0.3) is 0 Å². The van der Waals surface area contributed by atoms with Crippen molar-refractivity contribution in [1.29, 1.82) is 0 Å². The minimum absolute atomic E-state index is 0.0749. The van der Waals surface area contributed by atoms with Gasteiger partial charge >= 0.3 is 0 Å². The van der Waals surface area contributed by atoms with Crippen molar-refractivity contribution in [3.63, 3.8) is 0 Å². The number of carbonyl (C=O) groups is 1. The highest BCUT2D eigenvalue weighted by Crippen LogP contribution is 2.22. The second-order valence-electron chi connectivity index (χ2n) is 6.93. The molecule has 0 radical (unpaired) electrons. The molecule has 0 aliphatic carbocycles. The summed E-state index contributed by atoms with van der Waals surface area (Å²) in [6, 6.07) is 7.32. The Hall–Kier alpha value is -2.19. The zero-order chi connectivity index (χ0) is 19.4. The van der Waals surface area contributed by atoms with E-state index in [-0.39, 0.29) is 5.91 Å². The summed E-state index contributed by atoms with van der Waals surface area (Å²) in [6.45, 7) is 5.94. The third-order valence-electron chi connectivity index (χ3n) is 4.89. The molecule has 0 spiro atoms. The molecule has 0 unspecified atom stereocenters. The maximum Gasteiger partial charge on any atom is 0.243 e. The van der Waals surface area contributed by atoms with Gasteiger partial charge in [0.1, 0.15) is 0 Å². The van der Waals surface area contributed by atoms with Gasteiger partial charge < -0.3 is 4.90 Å². The van der Waals surface area contributed by atoms with Crippen molar-refractivity contribution in [3.05, 3.63) is 47.8 Å². The number of rotatable bonds is 6. The largest absolute Gasteiger partial charge is 0.340 e. The molecule has 7 nitrogen and oxygen atoms in total. The molecular weight excluding hydrogens is 364 g/mol. The Morgan fingerprint density at radius 1 is 1.15 bits per heavy atom. The molecule has 1 aromatic heterocycles. The summed E-state index contributed by atoms with van der Waals surface area (Å²) < 4.78 is 29.2. The van der Waals surface area contributed by atoms with Gasteiger partial charge in [0, 0.05) is 51.5 Å². The van der Waals surface area contributed by atoms with E-state index in [0.29, 0.717) is 44.0 Å². The smallest absolute Gasteiger partial charge is 0.243 e. The fourth-order valence-corrected chi connectivity index (χ4v) is 5.02. The molecule has 2 heterocycles. The fraction of sp³-hybridized carbons (Fsp3) is 0.474. The van der Waals surface area contributed by atoms with Gasteiger partial charge in [-0.05, 0) is 43.5 Å². The normalized spacial score (nSPS) is 15.9. The molecule has 1 amide bonds. The third-order valence-corrected chi connectivity index (χ3v) is 6.93. The summed E-state index contributed by atoms with van der Waals surface area (Å²) in [4.78, 5) is 14.5. The predicted molar refractivity (Wildman–Crippen MR) is 103 cm³/mol. The number of benzene rings is 1. The van der Waals surface area contributed by atoms with Crippen molar-refractivity contribution >= 4 is 15.9 Å². The second kappa shape index (κ2) is 8.22. The summed E-state index contributed by atoms with van der Waals surface area (Å²) in [5, 5.41) is 4.12. The Kier molecular flexibility index (Phi) is 5.96. The average Bonchev–Trinajstić information content (AvgIpc) is 3.17. The topological polar surface area (TPSA) is 75.5 Å². The summed E-state index contributed by atoms with van der Waals surface area (Å²) >= 11 is 0. The average molecular weight is 391 g/mol. The molecule has 3 rings (SSSR count). The van der Waals surface area contributed by atoms with Crippen molar-refractivity contribution < 1.29 is 13.2 Å². The van der Waals surface area contributed by atoms with E-state index in [1.165, 1.54) is 4.31 Å². The Morgan fingerprint density at radius 3 is 2.56 bits per heavy atom. The minimum Gasteiger partial charge on any atom is -0.340 e. The lowest BCUT2D eigenvalue weighted by Crippen LogP contribution is -2.50. The zero-order valence-corrected chi connectivity index (χ0v) is 16.7. The SMILES string of the molecule is Cc1ccc(C)c(S(=O)(=O)N2CCN(C(=O)CCCn3cccn3)CC2)c1. The number of aromatic nitrogens is 2. The third kappa shape index (κ3) is 4.56. The van der Waals surface area contributed by atoms with Crippen LogP contribution < -0.4 is 0 Å². The number of nitrogens with zero attached hydrogens (tertiary/aromatic N) is 4. The highest BCUT2D eigenvalue weighted by Gasteiger charge is 2.30. The fourth-order valence-electron chi connectivity index (χ4n) is 3.29. The number of aryl methyl sites for hydroxylation is 3. The molecule has 1 aliphatic rings. The maximum atomic E-state index is 13.0. The first kappa shape index (κ1) is 19.6. The van der Waals surface area contributed by atoms with Gasteiger partial charge in [0.05, 0.1) is 4.90 Å². The van der Waals surface area contributed by atoms with E-state index in [2.05, 4.69) is 5.10 Å².